The van der Waals surface area contributed by atoms with Gasteiger partial charge in [-0.2, -0.15) is 0 Å². The fraction of sp³-hybridized carbons (Fsp3) is 0.341. The molecule has 1 unspecified atom stereocenters. The second kappa shape index (κ2) is 21.6. The Kier molecular flexibility index (Phi) is 15.6. The summed E-state index contributed by atoms with van der Waals surface area (Å²) < 4.78 is 12.3. The minimum absolute atomic E-state index is 0.0243. The zero-order valence-electron chi connectivity index (χ0n) is 33.5. The summed E-state index contributed by atoms with van der Waals surface area (Å²) in [5.41, 5.74) is 16.0. The van der Waals surface area contributed by atoms with Crippen LogP contribution in [0.2, 0.25) is 5.15 Å². The number of rotatable bonds is 20. The van der Waals surface area contributed by atoms with Crippen LogP contribution in [-0.4, -0.2) is 87.6 Å². The quantitative estimate of drug-likeness (QED) is 0.0692. The molecule has 4 heterocycles. The summed E-state index contributed by atoms with van der Waals surface area (Å²) in [6, 6.07) is 23.1. The van der Waals surface area contributed by atoms with E-state index in [4.69, 9.17) is 32.5 Å². The number of quaternary nitrogens is 1. The molecule has 314 valence electrons. The van der Waals surface area contributed by atoms with Gasteiger partial charge >= 0.3 is 0 Å². The number of nitrogens with zero attached hydrogens (tertiary/aromatic N) is 5. The number of hydrogen-bond donors (Lipinski definition) is 5. The number of carbonyl (C=O) groups excluding carboxylic acids is 3. The van der Waals surface area contributed by atoms with E-state index in [-0.39, 0.29) is 53.6 Å². The molecule has 15 nitrogen and oxygen atoms in total. The maximum absolute atomic E-state index is 13.3. The number of piperidine rings is 1. The molecule has 3 aromatic heterocycles. The van der Waals surface area contributed by atoms with Crippen molar-refractivity contribution in [2.45, 2.75) is 57.7 Å². The van der Waals surface area contributed by atoms with E-state index in [1.165, 1.54) is 11.1 Å². The number of nitrogens with two attached hydrogens (primary N) is 2. The van der Waals surface area contributed by atoms with Crippen LogP contribution in [0.3, 0.4) is 0 Å². The Hall–Kier alpha value is -6.32. The monoisotopic (exact) mass is 835 g/mol. The summed E-state index contributed by atoms with van der Waals surface area (Å²) in [5, 5.41) is 8.80. The Balaban J connectivity index is 1.01. The van der Waals surface area contributed by atoms with Gasteiger partial charge in [0.15, 0.2) is 35.7 Å². The Morgan fingerprint density at radius 3 is 1.68 bits per heavy atom. The molecule has 1 fully saturated rings. The van der Waals surface area contributed by atoms with E-state index in [0.717, 1.165) is 80.3 Å². The number of nitrogens with one attached hydrogen (secondary N) is 3. The first-order chi connectivity index (χ1) is 29.1. The molecule has 1 atom stereocenters. The molecule has 0 aliphatic carbocycles. The lowest BCUT2D eigenvalue weighted by Crippen LogP contribution is -2.60. The highest BCUT2D eigenvalue weighted by Gasteiger charge is 2.35. The Morgan fingerprint density at radius 1 is 0.683 bits per heavy atom. The smallest absolute Gasteiger partial charge is 0.274 e. The maximum atomic E-state index is 13.3. The largest absolute Gasteiger partial charge is 0.484 e. The molecule has 5 aromatic rings. The fourth-order valence-corrected chi connectivity index (χ4v) is 7.49. The standard InChI is InChI=1S/C44H51ClN10O5/c45-41-43(47)54-42(46)40(53-41)44(58)52-35-6-3-25-55(28-35,23-1-4-31-7-11-36(12-8-31)59-29-38(56)50-26-33-15-19-48-20-16-33)24-2-5-32-9-13-37(14-10-32)60-30-39(57)51-27-34-17-21-49-22-18-34/h7-22,35H,1-6,23-30H2,(H6-,46,47,50,51,52,54,56,57,58)/p+1. The highest BCUT2D eigenvalue weighted by Crippen LogP contribution is 2.25. The molecule has 1 aliphatic heterocycles. The molecule has 0 bridgehead atoms. The van der Waals surface area contributed by atoms with E-state index in [9.17, 15) is 14.4 Å². The van der Waals surface area contributed by atoms with Crippen LogP contribution in [0.1, 0.15) is 58.4 Å². The first-order valence-electron chi connectivity index (χ1n) is 20.1. The Bertz CT molecular complexity index is 2050. The molecule has 0 spiro atoms. The summed E-state index contributed by atoms with van der Waals surface area (Å²) in [4.78, 5) is 54.1. The fourth-order valence-electron chi connectivity index (χ4n) is 7.37. The number of anilines is 2. The van der Waals surface area contributed by atoms with Crippen LogP contribution in [0.25, 0.3) is 0 Å². The molecule has 0 radical (unpaired) electrons. The Labute approximate surface area is 354 Å². The van der Waals surface area contributed by atoms with E-state index in [0.29, 0.717) is 24.6 Å². The van der Waals surface area contributed by atoms with E-state index < -0.39 is 5.91 Å². The second-order valence-electron chi connectivity index (χ2n) is 15.0. The number of nitrogen functional groups attached to an aromatic ring is 2. The Morgan fingerprint density at radius 2 is 1.18 bits per heavy atom. The van der Waals surface area contributed by atoms with E-state index in [1.54, 1.807) is 24.8 Å². The number of halogens is 1. The number of pyridine rings is 2. The lowest BCUT2D eigenvalue weighted by atomic mass is 9.99. The van der Waals surface area contributed by atoms with Crippen LogP contribution < -0.4 is 36.9 Å². The van der Waals surface area contributed by atoms with Gasteiger partial charge in [-0.1, -0.05) is 35.9 Å². The molecular formula is C44H52ClN10O5+. The number of hydrogen-bond acceptors (Lipinski definition) is 11. The van der Waals surface area contributed by atoms with Gasteiger partial charge < -0.3 is 41.4 Å². The van der Waals surface area contributed by atoms with Gasteiger partial charge in [-0.3, -0.25) is 24.4 Å². The SMILES string of the molecule is Nc1nc(N)c(C(=O)NC2CCC[N+](CCCc3ccc(OCC(=O)NCc4ccncc4)cc3)(CCCc3ccc(OCC(=O)NCc4ccncc4)cc3)C2)nc1Cl. The van der Waals surface area contributed by atoms with Crippen LogP contribution in [0.15, 0.2) is 97.6 Å². The number of benzene rings is 2. The van der Waals surface area contributed by atoms with Crippen molar-refractivity contribution in [3.05, 3.63) is 131 Å². The molecule has 60 heavy (non-hydrogen) atoms. The summed E-state index contributed by atoms with van der Waals surface area (Å²) in [7, 11) is 0. The molecule has 1 aliphatic rings. The van der Waals surface area contributed by atoms with Crippen LogP contribution in [0, 0.1) is 0 Å². The lowest BCUT2D eigenvalue weighted by molar-refractivity contribution is -0.933. The lowest BCUT2D eigenvalue weighted by Gasteiger charge is -2.45. The number of amides is 3. The van der Waals surface area contributed by atoms with Crippen molar-refractivity contribution >= 4 is 41.0 Å². The maximum Gasteiger partial charge on any atom is 0.274 e. The zero-order valence-corrected chi connectivity index (χ0v) is 34.3. The van der Waals surface area contributed by atoms with Crippen molar-refractivity contribution in [2.24, 2.45) is 0 Å². The van der Waals surface area contributed by atoms with E-state index in [2.05, 4.69) is 35.9 Å². The summed E-state index contributed by atoms with van der Waals surface area (Å²) in [6.07, 6.45) is 12.1. The van der Waals surface area contributed by atoms with Crippen LogP contribution in [0.4, 0.5) is 11.6 Å². The number of aryl methyl sites for hydroxylation is 2. The van der Waals surface area contributed by atoms with Gasteiger partial charge in [0.1, 0.15) is 11.5 Å². The molecule has 3 amide bonds. The minimum Gasteiger partial charge on any atom is -0.484 e. The number of aromatic nitrogens is 4. The summed E-state index contributed by atoms with van der Waals surface area (Å²) >= 11 is 6.08. The highest BCUT2D eigenvalue weighted by atomic mass is 35.5. The van der Waals surface area contributed by atoms with Gasteiger partial charge in [0.25, 0.3) is 17.7 Å². The van der Waals surface area contributed by atoms with Crippen molar-refractivity contribution in [3.63, 3.8) is 0 Å². The van der Waals surface area contributed by atoms with E-state index in [1.807, 2.05) is 72.8 Å². The van der Waals surface area contributed by atoms with Gasteiger partial charge in [0.2, 0.25) is 0 Å². The van der Waals surface area contributed by atoms with Crippen LogP contribution in [-0.2, 0) is 35.5 Å². The third kappa shape index (κ3) is 13.4. The van der Waals surface area contributed by atoms with Gasteiger partial charge in [0.05, 0.1) is 32.2 Å². The van der Waals surface area contributed by atoms with Crippen molar-refractivity contribution in [2.75, 3.05) is 50.9 Å². The zero-order chi connectivity index (χ0) is 42.2. The summed E-state index contributed by atoms with van der Waals surface area (Å²) in [5.74, 6) is 0.354. The molecule has 2 aromatic carbocycles. The number of carbonyl (C=O) groups is 3. The normalized spacial score (nSPS) is 14.4. The molecule has 1 saturated heterocycles. The van der Waals surface area contributed by atoms with E-state index >= 15 is 0 Å². The van der Waals surface area contributed by atoms with Crippen molar-refractivity contribution < 1.29 is 28.3 Å². The average Bonchev–Trinajstić information content (AvgIpc) is 3.26. The minimum atomic E-state index is -0.422. The third-order valence-electron chi connectivity index (χ3n) is 10.5. The van der Waals surface area contributed by atoms with Crippen molar-refractivity contribution in [1.82, 2.24) is 35.9 Å². The van der Waals surface area contributed by atoms with Crippen molar-refractivity contribution in [1.29, 1.82) is 0 Å². The topological polar surface area (TPSA) is 209 Å². The van der Waals surface area contributed by atoms with Gasteiger partial charge in [-0.15, -0.1) is 0 Å². The average molecular weight is 836 g/mol. The molecule has 7 N–H and O–H groups in total. The highest BCUT2D eigenvalue weighted by molar-refractivity contribution is 6.31. The summed E-state index contributed by atoms with van der Waals surface area (Å²) in [6.45, 7) is 4.29. The van der Waals surface area contributed by atoms with Gasteiger partial charge in [0, 0.05) is 50.7 Å². The first kappa shape index (κ1) is 43.3. The first-order valence-corrected chi connectivity index (χ1v) is 20.5. The molecular weight excluding hydrogens is 784 g/mol. The third-order valence-corrected chi connectivity index (χ3v) is 10.8. The van der Waals surface area contributed by atoms with Crippen molar-refractivity contribution in [3.8, 4) is 11.5 Å². The van der Waals surface area contributed by atoms with Gasteiger partial charge in [-0.25, -0.2) is 9.97 Å². The molecule has 6 rings (SSSR count). The predicted octanol–water partition coefficient (Wildman–Crippen LogP) is 4.45. The van der Waals surface area contributed by atoms with Gasteiger partial charge in [-0.05, 0) is 96.5 Å². The number of likely N-dealkylation sites (tertiary alicyclic amines) is 1. The predicted molar refractivity (Wildman–Crippen MR) is 229 cm³/mol. The second-order valence-corrected chi connectivity index (χ2v) is 15.3. The molecule has 0 saturated carbocycles. The van der Waals surface area contributed by atoms with Crippen LogP contribution >= 0.6 is 11.6 Å². The number of ether oxygens (including phenoxy) is 2. The molecule has 16 heteroatoms. The van der Waals surface area contributed by atoms with Crippen LogP contribution in [0.5, 0.6) is 11.5 Å².